The number of amides is 1. The van der Waals surface area contributed by atoms with Crippen molar-refractivity contribution in [3.8, 4) is 0 Å². The van der Waals surface area contributed by atoms with Gasteiger partial charge in [-0.15, -0.1) is 0 Å². The molecule has 0 fully saturated rings. The molecule has 84 valence electrons. The maximum atomic E-state index is 13.1. The van der Waals surface area contributed by atoms with Gasteiger partial charge >= 0.3 is 0 Å². The molecule has 0 heterocycles. The Morgan fingerprint density at radius 1 is 1.44 bits per heavy atom. The van der Waals surface area contributed by atoms with Crippen molar-refractivity contribution in [3.63, 3.8) is 0 Å². The van der Waals surface area contributed by atoms with Crippen molar-refractivity contribution in [1.82, 2.24) is 0 Å². The minimum atomic E-state index is -0.407. The molecule has 0 aliphatic rings. The van der Waals surface area contributed by atoms with Crippen LogP contribution in [0, 0.1) is 5.82 Å². The highest BCUT2D eigenvalue weighted by molar-refractivity contribution is 9.10. The van der Waals surface area contributed by atoms with Crippen LogP contribution in [0.1, 0.15) is 6.92 Å². The van der Waals surface area contributed by atoms with Gasteiger partial charge in [0, 0.05) is 11.8 Å². The molecule has 4 heteroatoms. The molecule has 2 nitrogen and oxygen atoms in total. The summed E-state index contributed by atoms with van der Waals surface area (Å²) in [6.07, 6.45) is 6.54. The third-order valence-electron chi connectivity index (χ3n) is 1.74. The fraction of sp³-hybridized carbons (Fsp3) is 0.0833. The molecule has 0 aliphatic heterocycles. The van der Waals surface area contributed by atoms with Crippen LogP contribution in [-0.4, -0.2) is 5.91 Å². The van der Waals surface area contributed by atoms with Crippen molar-refractivity contribution in [2.24, 2.45) is 0 Å². The van der Waals surface area contributed by atoms with Crippen molar-refractivity contribution in [3.05, 3.63) is 52.8 Å². The number of carbonyl (C=O) groups excluding carboxylic acids is 1. The molecule has 1 rings (SSSR count). The molecule has 1 aromatic carbocycles. The van der Waals surface area contributed by atoms with E-state index in [9.17, 15) is 9.18 Å². The van der Waals surface area contributed by atoms with E-state index in [-0.39, 0.29) is 5.91 Å². The van der Waals surface area contributed by atoms with Crippen molar-refractivity contribution in [1.29, 1.82) is 0 Å². The Balaban J connectivity index is 2.66. The summed E-state index contributed by atoms with van der Waals surface area (Å²) < 4.78 is 13.5. The number of benzene rings is 1. The zero-order valence-corrected chi connectivity index (χ0v) is 10.3. The maximum absolute atomic E-state index is 13.1. The topological polar surface area (TPSA) is 29.1 Å². The first kappa shape index (κ1) is 12.6. The van der Waals surface area contributed by atoms with Gasteiger partial charge in [0.15, 0.2) is 0 Å². The number of nitrogens with one attached hydrogen (secondary N) is 1. The lowest BCUT2D eigenvalue weighted by atomic mass is 10.3. The summed E-state index contributed by atoms with van der Waals surface area (Å²) in [6, 6.07) is 4.42. The quantitative estimate of drug-likeness (QED) is 0.666. The smallest absolute Gasteiger partial charge is 0.248 e. The molecule has 0 atom stereocenters. The lowest BCUT2D eigenvalue weighted by molar-refractivity contribution is -0.111. The van der Waals surface area contributed by atoms with Crippen LogP contribution in [0.4, 0.5) is 10.1 Å². The predicted octanol–water partition coefficient (Wildman–Crippen LogP) is 3.66. The Kier molecular flexibility index (Phi) is 4.92. The van der Waals surface area contributed by atoms with Gasteiger partial charge in [-0.1, -0.05) is 18.2 Å². The van der Waals surface area contributed by atoms with E-state index in [4.69, 9.17) is 0 Å². The van der Waals surface area contributed by atoms with E-state index in [0.29, 0.717) is 10.2 Å². The van der Waals surface area contributed by atoms with E-state index in [1.165, 1.54) is 12.1 Å². The van der Waals surface area contributed by atoms with Gasteiger partial charge < -0.3 is 5.32 Å². The molecule has 0 unspecified atom stereocenters. The van der Waals surface area contributed by atoms with Crippen LogP contribution < -0.4 is 5.32 Å². The normalized spacial score (nSPS) is 11.2. The van der Waals surface area contributed by atoms with Gasteiger partial charge in [-0.2, -0.15) is 0 Å². The Labute approximate surface area is 102 Å². The molecule has 16 heavy (non-hydrogen) atoms. The first-order valence-corrected chi connectivity index (χ1v) is 5.48. The fourth-order valence-electron chi connectivity index (χ4n) is 1.01. The summed E-state index contributed by atoms with van der Waals surface area (Å²) in [6.45, 7) is 1.85. The number of carbonyl (C=O) groups is 1. The molecule has 0 bridgehead atoms. The van der Waals surface area contributed by atoms with Gasteiger partial charge in [-0.05, 0) is 41.1 Å². The standard InChI is InChI=1S/C12H11BrFNO/c1-2-3-4-5-12(16)15-9-6-7-10(13)11(14)8-9/h2-8H,1H3,(H,15,16). The summed E-state index contributed by atoms with van der Waals surface area (Å²) >= 11 is 3.04. The summed E-state index contributed by atoms with van der Waals surface area (Å²) in [4.78, 5) is 11.3. The van der Waals surface area contributed by atoms with Crippen molar-refractivity contribution in [2.45, 2.75) is 6.92 Å². The number of halogens is 2. The molecule has 1 amide bonds. The summed E-state index contributed by atoms with van der Waals surface area (Å²) in [5.74, 6) is -0.699. The van der Waals surface area contributed by atoms with Gasteiger partial charge in [0.1, 0.15) is 5.82 Å². The Morgan fingerprint density at radius 2 is 2.19 bits per heavy atom. The van der Waals surface area contributed by atoms with E-state index < -0.39 is 5.82 Å². The summed E-state index contributed by atoms with van der Waals surface area (Å²) in [5, 5.41) is 2.55. The SMILES string of the molecule is CC=CC=CC(=O)Nc1ccc(Br)c(F)c1. The highest BCUT2D eigenvalue weighted by Gasteiger charge is 2.02. The van der Waals surface area contributed by atoms with Gasteiger partial charge in [-0.3, -0.25) is 4.79 Å². The van der Waals surface area contributed by atoms with Crippen LogP contribution in [-0.2, 0) is 4.79 Å². The van der Waals surface area contributed by atoms with Crippen LogP contribution in [0.25, 0.3) is 0 Å². The third kappa shape index (κ3) is 3.98. The fourth-order valence-corrected chi connectivity index (χ4v) is 1.26. The number of hydrogen-bond donors (Lipinski definition) is 1. The highest BCUT2D eigenvalue weighted by atomic mass is 79.9. The van der Waals surface area contributed by atoms with Crippen molar-refractivity contribution in [2.75, 3.05) is 5.32 Å². The van der Waals surface area contributed by atoms with Gasteiger partial charge in [-0.25, -0.2) is 4.39 Å². The second-order valence-corrected chi connectivity index (χ2v) is 3.86. The monoisotopic (exact) mass is 283 g/mol. The lowest BCUT2D eigenvalue weighted by Gasteiger charge is -2.02. The second kappa shape index (κ2) is 6.23. The predicted molar refractivity (Wildman–Crippen MR) is 66.7 cm³/mol. The van der Waals surface area contributed by atoms with Gasteiger partial charge in [0.05, 0.1) is 4.47 Å². The van der Waals surface area contributed by atoms with E-state index in [1.54, 1.807) is 24.3 Å². The van der Waals surface area contributed by atoms with Crippen molar-refractivity contribution >= 4 is 27.5 Å². The maximum Gasteiger partial charge on any atom is 0.248 e. The summed E-state index contributed by atoms with van der Waals surface area (Å²) in [7, 11) is 0. The molecule has 0 aliphatic carbocycles. The minimum Gasteiger partial charge on any atom is -0.322 e. The van der Waals surface area contributed by atoms with Crippen LogP contribution >= 0.6 is 15.9 Å². The second-order valence-electron chi connectivity index (χ2n) is 3.00. The average Bonchev–Trinajstić information content (AvgIpc) is 2.24. The van der Waals surface area contributed by atoms with Crippen LogP contribution in [0.3, 0.4) is 0 Å². The lowest BCUT2D eigenvalue weighted by Crippen LogP contribution is -2.07. The zero-order chi connectivity index (χ0) is 12.0. The highest BCUT2D eigenvalue weighted by Crippen LogP contribution is 2.19. The van der Waals surface area contributed by atoms with Crippen LogP contribution in [0.2, 0.25) is 0 Å². The minimum absolute atomic E-state index is 0.292. The van der Waals surface area contributed by atoms with Crippen LogP contribution in [0.5, 0.6) is 0 Å². The largest absolute Gasteiger partial charge is 0.322 e. The number of rotatable bonds is 3. The van der Waals surface area contributed by atoms with E-state index in [0.717, 1.165) is 0 Å². The molecule has 0 aromatic heterocycles. The summed E-state index contributed by atoms with van der Waals surface area (Å²) in [5.41, 5.74) is 0.427. The molecular formula is C12H11BrFNO. The molecular weight excluding hydrogens is 273 g/mol. The van der Waals surface area contributed by atoms with Gasteiger partial charge in [0.25, 0.3) is 0 Å². The third-order valence-corrected chi connectivity index (χ3v) is 2.38. The van der Waals surface area contributed by atoms with Gasteiger partial charge in [0.2, 0.25) is 5.91 Å². The first-order chi connectivity index (χ1) is 7.63. The van der Waals surface area contributed by atoms with Crippen LogP contribution in [0.15, 0.2) is 47.0 Å². The molecule has 0 radical (unpaired) electrons. The molecule has 1 N–H and O–H groups in total. The number of allylic oxidation sites excluding steroid dienone is 3. The first-order valence-electron chi connectivity index (χ1n) is 4.69. The molecule has 0 saturated carbocycles. The number of anilines is 1. The average molecular weight is 284 g/mol. The Bertz CT molecular complexity index is 441. The van der Waals surface area contributed by atoms with Crippen molar-refractivity contribution < 1.29 is 9.18 Å². The van der Waals surface area contributed by atoms with E-state index in [2.05, 4.69) is 21.2 Å². The number of hydrogen-bond acceptors (Lipinski definition) is 1. The molecule has 0 spiro atoms. The van der Waals surface area contributed by atoms with E-state index in [1.807, 2.05) is 13.0 Å². The Hall–Kier alpha value is -1.42. The molecule has 0 saturated heterocycles. The zero-order valence-electron chi connectivity index (χ0n) is 8.71. The Morgan fingerprint density at radius 3 is 2.81 bits per heavy atom. The molecule has 1 aromatic rings. The van der Waals surface area contributed by atoms with E-state index >= 15 is 0 Å².